The highest BCUT2D eigenvalue weighted by Gasteiger charge is 2.50. The van der Waals surface area contributed by atoms with E-state index < -0.39 is 5.54 Å². The van der Waals surface area contributed by atoms with Crippen LogP contribution in [0.4, 0.5) is 5.13 Å². The Kier molecular flexibility index (Phi) is 3.97. The molecule has 1 saturated heterocycles. The molecule has 1 saturated carbocycles. The number of nitrogens with one attached hydrogen (secondary N) is 1. The lowest BCUT2D eigenvalue weighted by atomic mass is 9.81. The van der Waals surface area contributed by atoms with Gasteiger partial charge in [0.2, 0.25) is 5.91 Å². The van der Waals surface area contributed by atoms with Crippen LogP contribution in [0.25, 0.3) is 0 Å². The standard InChI is InChI=1S/C15H21N3O2S/c1-15(13(20)17-14-16-8-10-21-14)7-9-18(15)12(19)11-5-3-2-4-6-11/h8,10-11H,2-7,9H2,1H3,(H,16,17,20). The van der Waals surface area contributed by atoms with E-state index in [1.807, 2.05) is 12.3 Å². The number of amides is 2. The van der Waals surface area contributed by atoms with Gasteiger partial charge < -0.3 is 4.90 Å². The molecule has 2 fully saturated rings. The van der Waals surface area contributed by atoms with Gasteiger partial charge in [0, 0.05) is 24.0 Å². The summed E-state index contributed by atoms with van der Waals surface area (Å²) in [6, 6.07) is 0. The number of hydrogen-bond donors (Lipinski definition) is 1. The molecule has 1 aromatic rings. The van der Waals surface area contributed by atoms with Gasteiger partial charge in [0.05, 0.1) is 0 Å². The summed E-state index contributed by atoms with van der Waals surface area (Å²) in [4.78, 5) is 31.0. The lowest BCUT2D eigenvalue weighted by molar-refractivity contribution is -0.158. The molecule has 1 aromatic heterocycles. The first-order valence-corrected chi connectivity index (χ1v) is 8.52. The summed E-state index contributed by atoms with van der Waals surface area (Å²) in [5, 5.41) is 5.25. The summed E-state index contributed by atoms with van der Waals surface area (Å²) in [6.45, 7) is 2.55. The minimum atomic E-state index is -0.708. The maximum Gasteiger partial charge on any atom is 0.251 e. The molecule has 114 valence electrons. The van der Waals surface area contributed by atoms with Crippen LogP contribution in [-0.2, 0) is 9.59 Å². The summed E-state index contributed by atoms with van der Waals surface area (Å²) in [5.41, 5.74) is -0.708. The fourth-order valence-corrected chi connectivity index (χ4v) is 3.76. The molecule has 0 radical (unpaired) electrons. The molecule has 2 amide bonds. The van der Waals surface area contributed by atoms with E-state index in [9.17, 15) is 9.59 Å². The van der Waals surface area contributed by atoms with E-state index in [-0.39, 0.29) is 17.7 Å². The van der Waals surface area contributed by atoms with Crippen LogP contribution in [0.5, 0.6) is 0 Å². The minimum Gasteiger partial charge on any atom is -0.328 e. The second kappa shape index (κ2) is 5.75. The third kappa shape index (κ3) is 2.69. The van der Waals surface area contributed by atoms with Gasteiger partial charge in [-0.2, -0.15) is 0 Å². The zero-order valence-electron chi connectivity index (χ0n) is 12.3. The number of rotatable bonds is 3. The van der Waals surface area contributed by atoms with Crippen molar-refractivity contribution < 1.29 is 9.59 Å². The smallest absolute Gasteiger partial charge is 0.251 e. The Hall–Kier alpha value is -1.43. The summed E-state index contributed by atoms with van der Waals surface area (Å²) in [5.74, 6) is 0.164. The third-order valence-corrected chi connectivity index (χ3v) is 5.47. The van der Waals surface area contributed by atoms with Crippen molar-refractivity contribution in [2.24, 2.45) is 5.92 Å². The molecule has 21 heavy (non-hydrogen) atoms. The van der Waals surface area contributed by atoms with E-state index in [1.165, 1.54) is 17.8 Å². The van der Waals surface area contributed by atoms with E-state index in [2.05, 4.69) is 10.3 Å². The van der Waals surface area contributed by atoms with Crippen LogP contribution < -0.4 is 5.32 Å². The molecule has 0 spiro atoms. The number of likely N-dealkylation sites (tertiary alicyclic amines) is 1. The topological polar surface area (TPSA) is 62.3 Å². The van der Waals surface area contributed by atoms with Gasteiger partial charge in [0.25, 0.3) is 5.91 Å². The van der Waals surface area contributed by atoms with Gasteiger partial charge in [-0.05, 0) is 26.2 Å². The normalized spacial score (nSPS) is 26.2. The predicted molar refractivity (Wildman–Crippen MR) is 82.1 cm³/mol. The predicted octanol–water partition coefficient (Wildman–Crippen LogP) is 2.65. The molecule has 1 unspecified atom stereocenters. The third-order valence-electron chi connectivity index (χ3n) is 4.78. The van der Waals surface area contributed by atoms with Crippen molar-refractivity contribution in [3.05, 3.63) is 11.6 Å². The van der Waals surface area contributed by atoms with Gasteiger partial charge >= 0.3 is 0 Å². The molecular weight excluding hydrogens is 286 g/mol. The van der Waals surface area contributed by atoms with Gasteiger partial charge in [-0.3, -0.25) is 14.9 Å². The lowest BCUT2D eigenvalue weighted by Gasteiger charge is -2.50. The molecule has 1 N–H and O–H groups in total. The maximum absolute atomic E-state index is 12.6. The molecule has 1 aliphatic carbocycles. The Balaban J connectivity index is 1.66. The molecule has 3 rings (SSSR count). The van der Waals surface area contributed by atoms with E-state index in [4.69, 9.17) is 0 Å². The number of anilines is 1. The molecule has 5 nitrogen and oxygen atoms in total. The van der Waals surface area contributed by atoms with Crippen molar-refractivity contribution in [3.8, 4) is 0 Å². The fraction of sp³-hybridized carbons (Fsp3) is 0.667. The molecule has 1 atom stereocenters. The maximum atomic E-state index is 12.6. The largest absolute Gasteiger partial charge is 0.328 e. The van der Waals surface area contributed by atoms with Crippen molar-refractivity contribution in [2.45, 2.75) is 51.0 Å². The molecule has 1 aliphatic heterocycles. The molecule has 2 heterocycles. The minimum absolute atomic E-state index is 0.117. The van der Waals surface area contributed by atoms with Crippen LogP contribution in [0.3, 0.4) is 0 Å². The highest BCUT2D eigenvalue weighted by Crippen LogP contribution is 2.36. The van der Waals surface area contributed by atoms with E-state index in [0.717, 1.165) is 32.1 Å². The van der Waals surface area contributed by atoms with Gasteiger partial charge in [-0.1, -0.05) is 19.3 Å². The Morgan fingerprint density at radius 1 is 1.38 bits per heavy atom. The van der Waals surface area contributed by atoms with Crippen molar-refractivity contribution in [2.75, 3.05) is 11.9 Å². The highest BCUT2D eigenvalue weighted by atomic mass is 32.1. The monoisotopic (exact) mass is 307 g/mol. The number of hydrogen-bond acceptors (Lipinski definition) is 4. The Bertz CT molecular complexity index is 525. The summed E-state index contributed by atoms with van der Waals surface area (Å²) < 4.78 is 0. The average molecular weight is 307 g/mol. The van der Waals surface area contributed by atoms with Crippen LogP contribution in [0.15, 0.2) is 11.6 Å². The zero-order chi connectivity index (χ0) is 14.9. The van der Waals surface area contributed by atoms with Crippen LogP contribution in [0.2, 0.25) is 0 Å². The van der Waals surface area contributed by atoms with Crippen LogP contribution >= 0.6 is 11.3 Å². The number of aromatic nitrogens is 1. The van der Waals surface area contributed by atoms with Crippen molar-refractivity contribution in [1.29, 1.82) is 0 Å². The molecule has 2 aliphatic rings. The quantitative estimate of drug-likeness (QED) is 0.934. The zero-order valence-corrected chi connectivity index (χ0v) is 13.1. The van der Waals surface area contributed by atoms with Crippen LogP contribution in [-0.4, -0.2) is 33.8 Å². The van der Waals surface area contributed by atoms with E-state index in [1.54, 1.807) is 11.1 Å². The first kappa shape index (κ1) is 14.5. The van der Waals surface area contributed by atoms with Crippen molar-refractivity contribution >= 4 is 28.3 Å². The Morgan fingerprint density at radius 2 is 2.14 bits per heavy atom. The molecule has 6 heteroatoms. The second-order valence-corrected chi connectivity index (χ2v) is 7.03. The average Bonchev–Trinajstić information content (AvgIpc) is 2.99. The highest BCUT2D eigenvalue weighted by molar-refractivity contribution is 7.13. The number of thiazole rings is 1. The second-order valence-electron chi connectivity index (χ2n) is 6.14. The number of carbonyl (C=O) groups excluding carboxylic acids is 2. The van der Waals surface area contributed by atoms with Crippen LogP contribution in [0.1, 0.15) is 45.4 Å². The summed E-state index contributed by atoms with van der Waals surface area (Å²) in [7, 11) is 0. The van der Waals surface area contributed by atoms with Gasteiger partial charge in [-0.15, -0.1) is 11.3 Å². The van der Waals surface area contributed by atoms with Gasteiger partial charge in [0.15, 0.2) is 5.13 Å². The van der Waals surface area contributed by atoms with E-state index in [0.29, 0.717) is 11.7 Å². The molecule has 0 bridgehead atoms. The van der Waals surface area contributed by atoms with Gasteiger partial charge in [-0.25, -0.2) is 4.98 Å². The molecular formula is C15H21N3O2S. The number of carbonyl (C=O) groups is 2. The first-order valence-electron chi connectivity index (χ1n) is 7.64. The summed E-state index contributed by atoms with van der Waals surface area (Å²) >= 11 is 1.39. The first-order chi connectivity index (χ1) is 10.1. The lowest BCUT2D eigenvalue weighted by Crippen LogP contribution is -2.67. The fourth-order valence-electron chi connectivity index (χ4n) is 3.24. The molecule has 0 aromatic carbocycles. The Morgan fingerprint density at radius 3 is 2.71 bits per heavy atom. The van der Waals surface area contributed by atoms with Crippen molar-refractivity contribution in [3.63, 3.8) is 0 Å². The summed E-state index contributed by atoms with van der Waals surface area (Å²) in [6.07, 6.45) is 7.82. The van der Waals surface area contributed by atoms with E-state index >= 15 is 0 Å². The number of nitrogens with zero attached hydrogens (tertiary/aromatic N) is 2. The van der Waals surface area contributed by atoms with Crippen molar-refractivity contribution in [1.82, 2.24) is 9.88 Å². The Labute approximate surface area is 128 Å². The van der Waals surface area contributed by atoms with Gasteiger partial charge in [0.1, 0.15) is 5.54 Å². The van der Waals surface area contributed by atoms with Crippen LogP contribution in [0, 0.1) is 5.92 Å². The SMILES string of the molecule is CC1(C(=O)Nc2nccs2)CCN1C(=O)C1CCCCC1.